The molecule has 8 heteroatoms. The quantitative estimate of drug-likeness (QED) is 0.402. The largest absolute Gasteiger partial charge is 0.494 e. The van der Waals surface area contributed by atoms with Crippen molar-refractivity contribution >= 4 is 27.3 Å². The van der Waals surface area contributed by atoms with Gasteiger partial charge in [-0.1, -0.05) is 30.3 Å². The number of para-hydroxylation sites is 1. The molecule has 3 rings (SSSR count). The second-order valence-corrected chi connectivity index (χ2v) is 9.73. The van der Waals surface area contributed by atoms with Crippen LogP contribution in [0.1, 0.15) is 26.3 Å². The zero-order valence-electron chi connectivity index (χ0n) is 20.5. The fraction of sp³-hybridized carbons (Fsp3) is 0.296. The summed E-state index contributed by atoms with van der Waals surface area (Å²) in [7, 11) is -3.97. The summed E-state index contributed by atoms with van der Waals surface area (Å²) >= 11 is 0. The van der Waals surface area contributed by atoms with Crippen molar-refractivity contribution in [3.63, 3.8) is 0 Å². The Labute approximate surface area is 208 Å². The molecule has 0 fully saturated rings. The van der Waals surface area contributed by atoms with E-state index >= 15 is 0 Å². The number of ether oxygens (including phenoxy) is 1. The van der Waals surface area contributed by atoms with E-state index in [1.54, 1.807) is 42.5 Å². The summed E-state index contributed by atoms with van der Waals surface area (Å²) in [6.45, 7) is 8.38. The van der Waals surface area contributed by atoms with Gasteiger partial charge in [-0.3, -0.25) is 9.10 Å². The standard InChI is InChI=1S/C27H33N3O4S/c1-4-29(5-2)23-14-12-22(13-15-23)20-28-27(31)21-30(24-10-8-7-9-11-24)35(32,33)26-18-16-25(17-19-26)34-6-3/h7-19H,4-6,20-21H2,1-3H3,(H,28,31). The van der Waals surface area contributed by atoms with Crippen molar-refractivity contribution in [2.24, 2.45) is 0 Å². The molecular formula is C27H33N3O4S. The maximum atomic E-state index is 13.5. The Balaban J connectivity index is 1.74. The van der Waals surface area contributed by atoms with Crippen LogP contribution in [0.4, 0.5) is 11.4 Å². The molecule has 0 heterocycles. The molecule has 0 aliphatic heterocycles. The van der Waals surface area contributed by atoms with E-state index in [9.17, 15) is 13.2 Å². The molecule has 186 valence electrons. The zero-order valence-corrected chi connectivity index (χ0v) is 21.3. The highest BCUT2D eigenvalue weighted by molar-refractivity contribution is 7.92. The van der Waals surface area contributed by atoms with Crippen LogP contribution in [0.5, 0.6) is 5.75 Å². The van der Waals surface area contributed by atoms with Crippen molar-refractivity contribution in [3.05, 3.63) is 84.4 Å². The topological polar surface area (TPSA) is 79.0 Å². The van der Waals surface area contributed by atoms with Crippen LogP contribution in [-0.4, -0.2) is 40.6 Å². The molecule has 1 amide bonds. The first-order valence-corrected chi connectivity index (χ1v) is 13.2. The van der Waals surface area contributed by atoms with Crippen molar-refractivity contribution < 1.29 is 17.9 Å². The number of hydrogen-bond donors (Lipinski definition) is 1. The van der Waals surface area contributed by atoms with Crippen LogP contribution >= 0.6 is 0 Å². The van der Waals surface area contributed by atoms with E-state index in [0.29, 0.717) is 24.6 Å². The van der Waals surface area contributed by atoms with Crippen LogP contribution in [0.2, 0.25) is 0 Å². The van der Waals surface area contributed by atoms with Gasteiger partial charge >= 0.3 is 0 Å². The van der Waals surface area contributed by atoms with E-state index in [1.165, 1.54) is 12.1 Å². The van der Waals surface area contributed by atoms with Crippen molar-refractivity contribution in [3.8, 4) is 5.75 Å². The predicted octanol–water partition coefficient (Wildman–Crippen LogP) is 4.44. The molecule has 0 aliphatic carbocycles. The Morgan fingerprint density at radius 2 is 1.46 bits per heavy atom. The summed E-state index contributed by atoms with van der Waals surface area (Å²) in [4.78, 5) is 15.2. The van der Waals surface area contributed by atoms with E-state index in [4.69, 9.17) is 4.74 Å². The first-order chi connectivity index (χ1) is 16.9. The van der Waals surface area contributed by atoms with Gasteiger partial charge in [-0.25, -0.2) is 8.42 Å². The second kappa shape index (κ2) is 12.3. The van der Waals surface area contributed by atoms with E-state index in [2.05, 4.69) is 24.1 Å². The van der Waals surface area contributed by atoms with Crippen molar-refractivity contribution in [1.82, 2.24) is 5.32 Å². The number of amides is 1. The summed E-state index contributed by atoms with van der Waals surface area (Å²) in [5.74, 6) is 0.193. The van der Waals surface area contributed by atoms with Gasteiger partial charge in [0.1, 0.15) is 12.3 Å². The van der Waals surface area contributed by atoms with Gasteiger partial charge in [0.15, 0.2) is 0 Å². The lowest BCUT2D eigenvalue weighted by Crippen LogP contribution is -2.40. The maximum absolute atomic E-state index is 13.5. The van der Waals surface area contributed by atoms with Crippen LogP contribution < -0.4 is 19.3 Å². The summed E-state index contributed by atoms with van der Waals surface area (Å²) in [5, 5.41) is 2.85. The van der Waals surface area contributed by atoms with Gasteiger partial charge in [0.25, 0.3) is 10.0 Å². The smallest absolute Gasteiger partial charge is 0.264 e. The predicted molar refractivity (Wildman–Crippen MR) is 140 cm³/mol. The van der Waals surface area contributed by atoms with Gasteiger partial charge in [-0.15, -0.1) is 0 Å². The summed E-state index contributed by atoms with van der Waals surface area (Å²) in [6, 6.07) is 22.8. The molecule has 0 spiro atoms. The highest BCUT2D eigenvalue weighted by atomic mass is 32.2. The molecule has 0 saturated carbocycles. The highest BCUT2D eigenvalue weighted by Gasteiger charge is 2.27. The van der Waals surface area contributed by atoms with Gasteiger partial charge in [0, 0.05) is 25.3 Å². The van der Waals surface area contributed by atoms with E-state index in [1.807, 2.05) is 31.2 Å². The molecule has 0 unspecified atom stereocenters. The Bertz CT molecular complexity index is 1180. The first kappa shape index (κ1) is 26.1. The molecule has 35 heavy (non-hydrogen) atoms. The molecule has 7 nitrogen and oxygen atoms in total. The van der Waals surface area contributed by atoms with Gasteiger partial charge < -0.3 is 15.0 Å². The number of nitrogens with zero attached hydrogens (tertiary/aromatic N) is 2. The third-order valence-corrected chi connectivity index (χ3v) is 7.40. The van der Waals surface area contributed by atoms with E-state index < -0.39 is 15.9 Å². The second-order valence-electron chi connectivity index (χ2n) is 7.87. The Kier molecular flexibility index (Phi) is 9.14. The van der Waals surface area contributed by atoms with Gasteiger partial charge in [-0.2, -0.15) is 0 Å². The summed E-state index contributed by atoms with van der Waals surface area (Å²) in [5.41, 5.74) is 2.48. The number of carbonyl (C=O) groups excluding carboxylic acids is 1. The van der Waals surface area contributed by atoms with Crippen LogP contribution in [0.15, 0.2) is 83.8 Å². The minimum atomic E-state index is -3.97. The van der Waals surface area contributed by atoms with E-state index in [0.717, 1.165) is 28.6 Å². The third-order valence-electron chi connectivity index (χ3n) is 5.61. The van der Waals surface area contributed by atoms with Crippen molar-refractivity contribution in [2.45, 2.75) is 32.2 Å². The average molecular weight is 496 g/mol. The van der Waals surface area contributed by atoms with Crippen LogP contribution in [-0.2, 0) is 21.4 Å². The Morgan fingerprint density at radius 1 is 0.829 bits per heavy atom. The lowest BCUT2D eigenvalue weighted by Gasteiger charge is -2.24. The molecule has 0 radical (unpaired) electrons. The number of anilines is 2. The minimum Gasteiger partial charge on any atom is -0.494 e. The number of hydrogen-bond acceptors (Lipinski definition) is 5. The fourth-order valence-electron chi connectivity index (χ4n) is 3.71. The molecule has 0 aliphatic rings. The van der Waals surface area contributed by atoms with Crippen molar-refractivity contribution in [1.29, 1.82) is 0 Å². The number of carbonyl (C=O) groups is 1. The lowest BCUT2D eigenvalue weighted by atomic mass is 10.2. The molecule has 3 aromatic rings. The third kappa shape index (κ3) is 6.76. The number of rotatable bonds is 12. The first-order valence-electron chi connectivity index (χ1n) is 11.8. The SMILES string of the molecule is CCOc1ccc(S(=O)(=O)N(CC(=O)NCc2ccc(N(CC)CC)cc2)c2ccccc2)cc1. The number of nitrogens with one attached hydrogen (secondary N) is 1. The summed E-state index contributed by atoms with van der Waals surface area (Å²) < 4.78 is 33.5. The van der Waals surface area contributed by atoms with Gasteiger partial charge in [0.05, 0.1) is 17.2 Å². The molecule has 3 aromatic carbocycles. The Morgan fingerprint density at radius 3 is 2.03 bits per heavy atom. The van der Waals surface area contributed by atoms with Crippen LogP contribution in [0, 0.1) is 0 Å². The lowest BCUT2D eigenvalue weighted by molar-refractivity contribution is -0.119. The fourth-order valence-corrected chi connectivity index (χ4v) is 5.13. The van der Waals surface area contributed by atoms with Crippen LogP contribution in [0.3, 0.4) is 0 Å². The van der Waals surface area contributed by atoms with Gasteiger partial charge in [-0.05, 0) is 74.9 Å². The zero-order chi connectivity index (χ0) is 25.3. The monoisotopic (exact) mass is 495 g/mol. The Hall–Kier alpha value is -3.52. The van der Waals surface area contributed by atoms with Crippen LogP contribution in [0.25, 0.3) is 0 Å². The minimum absolute atomic E-state index is 0.0876. The number of sulfonamides is 1. The molecule has 0 saturated heterocycles. The molecule has 0 aromatic heterocycles. The van der Waals surface area contributed by atoms with E-state index in [-0.39, 0.29) is 11.4 Å². The molecular weight excluding hydrogens is 462 g/mol. The van der Waals surface area contributed by atoms with Gasteiger partial charge in [0.2, 0.25) is 5.91 Å². The maximum Gasteiger partial charge on any atom is 0.264 e. The molecule has 0 atom stereocenters. The molecule has 1 N–H and O–H groups in total. The van der Waals surface area contributed by atoms with Crippen molar-refractivity contribution in [2.75, 3.05) is 35.4 Å². The number of benzene rings is 3. The highest BCUT2D eigenvalue weighted by Crippen LogP contribution is 2.25. The molecule has 0 bridgehead atoms. The average Bonchev–Trinajstić information content (AvgIpc) is 2.88. The normalized spacial score (nSPS) is 11.1. The summed E-state index contributed by atoms with van der Waals surface area (Å²) in [6.07, 6.45) is 0.